The average molecular weight is 789 g/mol. The van der Waals surface area contributed by atoms with E-state index in [1.165, 1.54) is 302 Å². The molecule has 0 bridgehead atoms. The van der Waals surface area contributed by atoms with Gasteiger partial charge in [0.1, 0.15) is 0 Å². The Hall–Kier alpha value is -0.530. The monoisotopic (exact) mass is 789 g/mol. The Morgan fingerprint density at radius 2 is 0.393 bits per heavy atom. The first-order valence-corrected chi connectivity index (χ1v) is 27.0. The minimum atomic E-state index is 0.0343. The number of esters is 1. The molecule has 0 aliphatic rings. The van der Waals surface area contributed by atoms with Crippen LogP contribution >= 0.6 is 0 Å². The highest BCUT2D eigenvalue weighted by Crippen LogP contribution is 2.18. The van der Waals surface area contributed by atoms with Crippen molar-refractivity contribution < 1.29 is 9.53 Å². The van der Waals surface area contributed by atoms with Crippen LogP contribution in [0.15, 0.2) is 0 Å². The van der Waals surface area contributed by atoms with E-state index in [9.17, 15) is 4.79 Å². The van der Waals surface area contributed by atoms with Gasteiger partial charge in [-0.05, 0) is 12.8 Å². The summed E-state index contributed by atoms with van der Waals surface area (Å²) in [7, 11) is 0. The molecule has 0 fully saturated rings. The van der Waals surface area contributed by atoms with Crippen LogP contribution in [0.25, 0.3) is 0 Å². The zero-order chi connectivity index (χ0) is 40.3. The molecule has 0 rings (SSSR count). The fourth-order valence-electron chi connectivity index (χ4n) is 8.73. The van der Waals surface area contributed by atoms with Gasteiger partial charge in [0.15, 0.2) is 0 Å². The smallest absolute Gasteiger partial charge is 0.305 e. The van der Waals surface area contributed by atoms with Gasteiger partial charge in [0, 0.05) is 6.42 Å². The predicted octanol–water partition coefficient (Wildman–Crippen LogP) is 20.1. The lowest BCUT2D eigenvalue weighted by Crippen LogP contribution is -2.05. The predicted molar refractivity (Wildman–Crippen MR) is 253 cm³/mol. The van der Waals surface area contributed by atoms with E-state index in [0.29, 0.717) is 13.0 Å². The molecule has 0 aromatic rings. The lowest BCUT2D eigenvalue weighted by molar-refractivity contribution is -0.143. The van der Waals surface area contributed by atoms with Crippen LogP contribution in [0.1, 0.15) is 335 Å². The molecule has 0 heterocycles. The van der Waals surface area contributed by atoms with E-state index in [1.54, 1.807) is 0 Å². The van der Waals surface area contributed by atoms with Crippen molar-refractivity contribution in [2.75, 3.05) is 6.61 Å². The van der Waals surface area contributed by atoms with Crippen molar-refractivity contribution in [3.05, 3.63) is 0 Å². The lowest BCUT2D eigenvalue weighted by Gasteiger charge is -2.06. The molecular formula is C54H108O2. The van der Waals surface area contributed by atoms with Crippen LogP contribution in [0.3, 0.4) is 0 Å². The van der Waals surface area contributed by atoms with Crippen molar-refractivity contribution in [2.24, 2.45) is 0 Å². The molecule has 0 spiro atoms. The fraction of sp³-hybridized carbons (Fsp3) is 0.981. The second kappa shape index (κ2) is 52.5. The van der Waals surface area contributed by atoms with Crippen molar-refractivity contribution in [1.82, 2.24) is 0 Å². The van der Waals surface area contributed by atoms with Crippen molar-refractivity contribution in [3.63, 3.8) is 0 Å². The third kappa shape index (κ3) is 51.5. The minimum Gasteiger partial charge on any atom is -0.466 e. The van der Waals surface area contributed by atoms with Gasteiger partial charge in [-0.2, -0.15) is 0 Å². The van der Waals surface area contributed by atoms with Crippen molar-refractivity contribution in [2.45, 2.75) is 335 Å². The van der Waals surface area contributed by atoms with E-state index in [0.717, 1.165) is 12.8 Å². The van der Waals surface area contributed by atoms with Crippen molar-refractivity contribution in [3.8, 4) is 0 Å². The Morgan fingerprint density at radius 1 is 0.232 bits per heavy atom. The molecule has 0 aromatic carbocycles. The standard InChI is InChI=1S/C54H108O2/c1-3-5-7-9-11-13-15-17-19-21-22-23-24-25-26-27-28-29-30-31-32-33-34-35-36-38-40-42-44-46-48-50-52-54(55)56-53-51-49-47-45-43-41-39-37-20-18-16-14-12-10-8-6-4-2/h3-53H2,1-2H3. The van der Waals surface area contributed by atoms with E-state index in [2.05, 4.69) is 13.8 Å². The summed E-state index contributed by atoms with van der Waals surface area (Å²) in [6, 6.07) is 0. The largest absolute Gasteiger partial charge is 0.466 e. The number of carbonyl (C=O) groups is 1. The Morgan fingerprint density at radius 3 is 0.589 bits per heavy atom. The maximum absolute atomic E-state index is 12.1. The molecule has 0 unspecified atom stereocenters. The SMILES string of the molecule is CCCCCCCCCCCCCCCCCCCCCCCCCCCCCCCCCCC(=O)OCCCCCCCCCCCCCCCCCCC. The molecule has 0 N–H and O–H groups in total. The van der Waals surface area contributed by atoms with Gasteiger partial charge in [0.2, 0.25) is 0 Å². The molecule has 56 heavy (non-hydrogen) atoms. The molecule has 2 heteroatoms. The summed E-state index contributed by atoms with van der Waals surface area (Å²) < 4.78 is 5.50. The van der Waals surface area contributed by atoms with Gasteiger partial charge in [-0.3, -0.25) is 4.79 Å². The fourth-order valence-corrected chi connectivity index (χ4v) is 8.73. The summed E-state index contributed by atoms with van der Waals surface area (Å²) in [6.07, 6.45) is 69.8. The number of rotatable bonds is 51. The van der Waals surface area contributed by atoms with Gasteiger partial charge < -0.3 is 4.74 Å². The van der Waals surface area contributed by atoms with Crippen molar-refractivity contribution >= 4 is 5.97 Å². The second-order valence-electron chi connectivity index (χ2n) is 18.6. The summed E-state index contributed by atoms with van der Waals surface area (Å²) in [5.74, 6) is 0.0343. The first-order valence-electron chi connectivity index (χ1n) is 27.0. The number of hydrogen-bond acceptors (Lipinski definition) is 2. The molecule has 0 aliphatic heterocycles. The molecule has 0 radical (unpaired) electrons. The van der Waals surface area contributed by atoms with Crippen LogP contribution in [-0.2, 0) is 9.53 Å². The zero-order valence-electron chi connectivity index (χ0n) is 39.4. The van der Waals surface area contributed by atoms with Crippen LogP contribution in [0, 0.1) is 0 Å². The highest BCUT2D eigenvalue weighted by molar-refractivity contribution is 5.69. The van der Waals surface area contributed by atoms with Crippen LogP contribution in [0.5, 0.6) is 0 Å². The summed E-state index contributed by atoms with van der Waals surface area (Å²) in [4.78, 5) is 12.1. The maximum atomic E-state index is 12.1. The van der Waals surface area contributed by atoms with E-state index in [4.69, 9.17) is 4.74 Å². The number of hydrogen-bond donors (Lipinski definition) is 0. The van der Waals surface area contributed by atoms with E-state index in [1.807, 2.05) is 0 Å². The molecule has 0 amide bonds. The number of unbranched alkanes of at least 4 members (excludes halogenated alkanes) is 47. The third-order valence-corrected chi connectivity index (χ3v) is 12.7. The molecule has 0 saturated carbocycles. The topological polar surface area (TPSA) is 26.3 Å². The van der Waals surface area contributed by atoms with Gasteiger partial charge in [-0.15, -0.1) is 0 Å². The van der Waals surface area contributed by atoms with Crippen LogP contribution in [0.4, 0.5) is 0 Å². The van der Waals surface area contributed by atoms with Gasteiger partial charge in [0.25, 0.3) is 0 Å². The second-order valence-corrected chi connectivity index (χ2v) is 18.6. The minimum absolute atomic E-state index is 0.0343. The van der Waals surface area contributed by atoms with Gasteiger partial charge in [-0.1, -0.05) is 316 Å². The molecule has 0 atom stereocenters. The highest BCUT2D eigenvalue weighted by Gasteiger charge is 2.03. The third-order valence-electron chi connectivity index (χ3n) is 12.7. The van der Waals surface area contributed by atoms with E-state index in [-0.39, 0.29) is 5.97 Å². The van der Waals surface area contributed by atoms with Gasteiger partial charge >= 0.3 is 5.97 Å². The van der Waals surface area contributed by atoms with Crippen LogP contribution in [0.2, 0.25) is 0 Å². The maximum Gasteiger partial charge on any atom is 0.305 e. The normalized spacial score (nSPS) is 11.5. The molecule has 0 saturated heterocycles. The average Bonchev–Trinajstić information content (AvgIpc) is 3.20. The molecule has 0 aliphatic carbocycles. The Labute approximate surface area is 355 Å². The molecule has 0 aromatic heterocycles. The summed E-state index contributed by atoms with van der Waals surface area (Å²) in [5, 5.41) is 0. The Bertz CT molecular complexity index is 688. The summed E-state index contributed by atoms with van der Waals surface area (Å²) in [6.45, 7) is 5.24. The van der Waals surface area contributed by atoms with Crippen molar-refractivity contribution in [1.29, 1.82) is 0 Å². The molecular weight excluding hydrogens is 681 g/mol. The molecule has 336 valence electrons. The van der Waals surface area contributed by atoms with Crippen LogP contribution < -0.4 is 0 Å². The highest BCUT2D eigenvalue weighted by atomic mass is 16.5. The first kappa shape index (κ1) is 55.5. The number of ether oxygens (including phenoxy) is 1. The number of carbonyl (C=O) groups excluding carboxylic acids is 1. The lowest BCUT2D eigenvalue weighted by atomic mass is 10.0. The summed E-state index contributed by atoms with van der Waals surface area (Å²) in [5.41, 5.74) is 0. The Kier molecular flexibility index (Phi) is 52.0. The van der Waals surface area contributed by atoms with E-state index >= 15 is 0 Å². The van der Waals surface area contributed by atoms with Crippen LogP contribution in [-0.4, -0.2) is 12.6 Å². The van der Waals surface area contributed by atoms with Gasteiger partial charge in [-0.25, -0.2) is 0 Å². The quantitative estimate of drug-likeness (QED) is 0.0453. The first-order chi connectivity index (χ1) is 27.8. The summed E-state index contributed by atoms with van der Waals surface area (Å²) >= 11 is 0. The Balaban J connectivity index is 3.13. The zero-order valence-corrected chi connectivity index (χ0v) is 39.4. The van der Waals surface area contributed by atoms with Gasteiger partial charge in [0.05, 0.1) is 6.61 Å². The van der Waals surface area contributed by atoms with E-state index < -0.39 is 0 Å². The molecule has 2 nitrogen and oxygen atoms in total.